The third-order valence-electron chi connectivity index (χ3n) is 4.46. The minimum atomic E-state index is -0.280. The molecule has 0 aliphatic carbocycles. The Hall–Kier alpha value is -2.25. The lowest BCUT2D eigenvalue weighted by Crippen LogP contribution is -2.50. The third kappa shape index (κ3) is 3.78. The van der Waals surface area contributed by atoms with Crippen molar-refractivity contribution in [2.24, 2.45) is 0 Å². The van der Waals surface area contributed by atoms with Crippen LogP contribution in [0.1, 0.15) is 17.2 Å². The molecule has 2 aromatic carbocycles. The van der Waals surface area contributed by atoms with E-state index in [1.807, 2.05) is 18.2 Å². The van der Waals surface area contributed by atoms with E-state index in [1.54, 1.807) is 23.9 Å². The summed E-state index contributed by atoms with van der Waals surface area (Å²) >= 11 is 1.72. The summed E-state index contributed by atoms with van der Waals surface area (Å²) in [7, 11) is 0. The smallest absolute Gasteiger partial charge is 0.238 e. The van der Waals surface area contributed by atoms with Crippen molar-refractivity contribution >= 4 is 17.7 Å². The summed E-state index contributed by atoms with van der Waals surface area (Å²) in [6.45, 7) is 0.665. The molecule has 0 bridgehead atoms. The van der Waals surface area contributed by atoms with Crippen molar-refractivity contribution in [3.05, 3.63) is 59.4 Å². The van der Waals surface area contributed by atoms with Crippen molar-refractivity contribution in [3.63, 3.8) is 0 Å². The highest BCUT2D eigenvalue weighted by atomic mass is 32.2. The fraction of sp³-hybridized carbons (Fsp3) is 0.316. The molecule has 136 valence electrons. The highest BCUT2D eigenvalue weighted by Gasteiger charge is 2.27. The number of carbonyl (C=O) groups excluding carboxylic acids is 1. The summed E-state index contributed by atoms with van der Waals surface area (Å²) < 4.78 is 23.7. The SMILES string of the molecule is O=C(NCc1ccc2c(c1)OCO2)C1CSCC(c2ccc(F)cc2)N1. The van der Waals surface area contributed by atoms with Crippen molar-refractivity contribution in [2.45, 2.75) is 18.6 Å². The van der Waals surface area contributed by atoms with Crippen LogP contribution < -0.4 is 20.1 Å². The van der Waals surface area contributed by atoms with Gasteiger partial charge in [0.25, 0.3) is 0 Å². The topological polar surface area (TPSA) is 59.6 Å². The Bertz CT molecular complexity index is 800. The first kappa shape index (κ1) is 17.2. The van der Waals surface area contributed by atoms with E-state index in [-0.39, 0.29) is 30.6 Å². The van der Waals surface area contributed by atoms with Gasteiger partial charge < -0.3 is 14.8 Å². The maximum atomic E-state index is 13.1. The van der Waals surface area contributed by atoms with Gasteiger partial charge in [-0.15, -0.1) is 0 Å². The minimum absolute atomic E-state index is 0.0376. The number of benzene rings is 2. The van der Waals surface area contributed by atoms with E-state index in [9.17, 15) is 9.18 Å². The molecule has 2 aliphatic rings. The molecule has 2 N–H and O–H groups in total. The molecule has 5 nitrogen and oxygen atoms in total. The number of amides is 1. The molecule has 26 heavy (non-hydrogen) atoms. The van der Waals surface area contributed by atoms with Crippen molar-refractivity contribution in [1.82, 2.24) is 10.6 Å². The summed E-state index contributed by atoms with van der Waals surface area (Å²) in [5.74, 6) is 2.71. The Morgan fingerprint density at radius 1 is 1.15 bits per heavy atom. The van der Waals surface area contributed by atoms with Gasteiger partial charge in [-0.05, 0) is 35.4 Å². The van der Waals surface area contributed by atoms with Crippen LogP contribution >= 0.6 is 11.8 Å². The van der Waals surface area contributed by atoms with Gasteiger partial charge in [-0.1, -0.05) is 18.2 Å². The largest absolute Gasteiger partial charge is 0.454 e. The molecular weight excluding hydrogens is 355 g/mol. The monoisotopic (exact) mass is 374 g/mol. The van der Waals surface area contributed by atoms with Crippen LogP contribution in [0.2, 0.25) is 0 Å². The second-order valence-electron chi connectivity index (χ2n) is 6.27. The molecule has 2 atom stereocenters. The van der Waals surface area contributed by atoms with Crippen LogP contribution in [0.15, 0.2) is 42.5 Å². The fourth-order valence-electron chi connectivity index (χ4n) is 3.05. The zero-order chi connectivity index (χ0) is 17.9. The average molecular weight is 374 g/mol. The molecule has 2 heterocycles. The minimum Gasteiger partial charge on any atom is -0.454 e. The van der Waals surface area contributed by atoms with E-state index in [2.05, 4.69) is 10.6 Å². The predicted molar refractivity (Wildman–Crippen MR) is 97.8 cm³/mol. The van der Waals surface area contributed by atoms with Crippen LogP contribution in [-0.2, 0) is 11.3 Å². The first-order valence-electron chi connectivity index (χ1n) is 8.44. The fourth-order valence-corrected chi connectivity index (χ4v) is 4.19. The lowest BCUT2D eigenvalue weighted by molar-refractivity contribution is -0.123. The molecule has 1 saturated heterocycles. The number of fused-ring (bicyclic) bond motifs is 1. The van der Waals surface area contributed by atoms with Gasteiger partial charge in [-0.25, -0.2) is 4.39 Å². The normalized spacial score (nSPS) is 21.4. The standard InChI is InChI=1S/C19H19FN2O3S/c20-14-4-2-13(3-5-14)15-9-26-10-16(22-15)19(23)21-8-12-1-6-17-18(7-12)25-11-24-17/h1-7,15-16,22H,8-11H2,(H,21,23). The maximum absolute atomic E-state index is 13.1. The van der Waals surface area contributed by atoms with Gasteiger partial charge in [-0.3, -0.25) is 10.1 Å². The van der Waals surface area contributed by atoms with Crippen LogP contribution in [0.3, 0.4) is 0 Å². The summed E-state index contributed by atoms with van der Waals surface area (Å²) in [6, 6.07) is 11.8. The number of rotatable bonds is 4. The number of nitrogens with one attached hydrogen (secondary N) is 2. The number of halogens is 1. The van der Waals surface area contributed by atoms with Crippen LogP contribution in [0.4, 0.5) is 4.39 Å². The molecule has 4 rings (SSSR count). The molecule has 0 saturated carbocycles. The van der Waals surface area contributed by atoms with Crippen molar-refractivity contribution in [2.75, 3.05) is 18.3 Å². The van der Waals surface area contributed by atoms with E-state index in [0.29, 0.717) is 18.0 Å². The Balaban J connectivity index is 1.34. The molecule has 2 unspecified atom stereocenters. The van der Waals surface area contributed by atoms with Gasteiger partial charge in [0, 0.05) is 24.1 Å². The maximum Gasteiger partial charge on any atom is 0.238 e. The van der Waals surface area contributed by atoms with Gasteiger partial charge in [0.2, 0.25) is 12.7 Å². The van der Waals surface area contributed by atoms with Crippen LogP contribution in [0.5, 0.6) is 11.5 Å². The third-order valence-corrected chi connectivity index (χ3v) is 5.60. The highest BCUT2D eigenvalue weighted by Crippen LogP contribution is 2.32. The number of hydrogen-bond acceptors (Lipinski definition) is 5. The van der Waals surface area contributed by atoms with E-state index in [1.165, 1.54) is 12.1 Å². The summed E-state index contributed by atoms with van der Waals surface area (Å²) in [5, 5.41) is 6.34. The number of hydrogen-bond donors (Lipinski definition) is 2. The Kier molecular flexibility index (Phi) is 4.99. The Labute approximate surface area is 155 Å². The quantitative estimate of drug-likeness (QED) is 0.862. The molecule has 1 amide bonds. The Morgan fingerprint density at radius 2 is 1.96 bits per heavy atom. The van der Waals surface area contributed by atoms with Crippen molar-refractivity contribution in [3.8, 4) is 11.5 Å². The van der Waals surface area contributed by atoms with Gasteiger partial charge >= 0.3 is 0 Å². The van der Waals surface area contributed by atoms with Crippen LogP contribution in [0.25, 0.3) is 0 Å². The molecular formula is C19H19FN2O3S. The van der Waals surface area contributed by atoms with Gasteiger partial charge in [-0.2, -0.15) is 11.8 Å². The van der Waals surface area contributed by atoms with Crippen molar-refractivity contribution in [1.29, 1.82) is 0 Å². The lowest BCUT2D eigenvalue weighted by atomic mass is 10.1. The van der Waals surface area contributed by atoms with Crippen molar-refractivity contribution < 1.29 is 18.7 Å². The predicted octanol–water partition coefficient (Wildman–Crippen LogP) is 2.62. The first-order chi connectivity index (χ1) is 12.7. The number of ether oxygens (including phenoxy) is 2. The zero-order valence-corrected chi connectivity index (χ0v) is 14.9. The van der Waals surface area contributed by atoms with Gasteiger partial charge in [0.05, 0.1) is 6.04 Å². The van der Waals surface area contributed by atoms with Crippen LogP contribution in [0, 0.1) is 5.82 Å². The molecule has 2 aliphatic heterocycles. The average Bonchev–Trinajstić information content (AvgIpc) is 3.14. The molecule has 0 radical (unpaired) electrons. The Morgan fingerprint density at radius 3 is 2.81 bits per heavy atom. The summed E-state index contributed by atoms with van der Waals surface area (Å²) in [4.78, 5) is 12.5. The van der Waals surface area contributed by atoms with Gasteiger partial charge in [0.15, 0.2) is 11.5 Å². The van der Waals surface area contributed by atoms with Gasteiger partial charge in [0.1, 0.15) is 5.82 Å². The molecule has 7 heteroatoms. The second-order valence-corrected chi connectivity index (χ2v) is 7.34. The highest BCUT2D eigenvalue weighted by molar-refractivity contribution is 7.99. The number of carbonyl (C=O) groups is 1. The van der Waals surface area contributed by atoms with Crippen LogP contribution in [-0.4, -0.2) is 30.2 Å². The molecule has 0 spiro atoms. The van der Waals surface area contributed by atoms with E-state index >= 15 is 0 Å². The lowest BCUT2D eigenvalue weighted by Gasteiger charge is -2.30. The zero-order valence-electron chi connectivity index (χ0n) is 14.0. The van der Waals surface area contributed by atoms with E-state index < -0.39 is 0 Å². The summed E-state index contributed by atoms with van der Waals surface area (Å²) in [5.41, 5.74) is 1.95. The molecule has 0 aromatic heterocycles. The first-order valence-corrected chi connectivity index (χ1v) is 9.60. The van der Waals surface area contributed by atoms with E-state index in [4.69, 9.17) is 9.47 Å². The molecule has 2 aromatic rings. The second kappa shape index (κ2) is 7.55. The molecule has 1 fully saturated rings. The van der Waals surface area contributed by atoms with E-state index in [0.717, 1.165) is 22.6 Å². The number of thioether (sulfide) groups is 1. The summed E-state index contributed by atoms with van der Waals surface area (Å²) in [6.07, 6.45) is 0.